The van der Waals surface area contributed by atoms with E-state index in [2.05, 4.69) is 15.2 Å². The highest BCUT2D eigenvalue weighted by atomic mass is 19.3. The zero-order valence-electron chi connectivity index (χ0n) is 10.7. The lowest BCUT2D eigenvalue weighted by Crippen LogP contribution is -2.15. The monoisotopic (exact) mass is 280 g/mol. The standard InChI is InChI=1S/C14H14F2N2O2/c15-14(16)19-12-5-1-9(2-6-12)13-7-11(18-20-13)8-17-10-3-4-10/h1-2,5-7,10,14,17H,3-4,8H2. The first kappa shape index (κ1) is 13.1. The molecule has 6 heteroatoms. The molecule has 1 fully saturated rings. The minimum atomic E-state index is -2.81. The molecular weight excluding hydrogens is 266 g/mol. The lowest BCUT2D eigenvalue weighted by Gasteiger charge is -2.03. The topological polar surface area (TPSA) is 47.3 Å². The largest absolute Gasteiger partial charge is 0.435 e. The summed E-state index contributed by atoms with van der Waals surface area (Å²) in [6, 6.07) is 8.74. The average Bonchev–Trinajstić information content (AvgIpc) is 3.14. The molecule has 0 unspecified atom stereocenters. The molecule has 1 saturated carbocycles. The highest BCUT2D eigenvalue weighted by Gasteiger charge is 2.20. The molecule has 1 aromatic heterocycles. The van der Waals surface area contributed by atoms with Crippen molar-refractivity contribution in [3.8, 4) is 17.1 Å². The maximum Gasteiger partial charge on any atom is 0.387 e. The Bertz CT molecular complexity index is 565. The molecule has 1 heterocycles. The van der Waals surface area contributed by atoms with Crippen LogP contribution in [0.3, 0.4) is 0 Å². The third kappa shape index (κ3) is 3.33. The molecule has 2 aromatic rings. The first-order valence-electron chi connectivity index (χ1n) is 6.45. The summed E-state index contributed by atoms with van der Waals surface area (Å²) in [6.07, 6.45) is 2.44. The van der Waals surface area contributed by atoms with E-state index in [-0.39, 0.29) is 5.75 Å². The lowest BCUT2D eigenvalue weighted by atomic mass is 10.1. The van der Waals surface area contributed by atoms with Gasteiger partial charge >= 0.3 is 6.61 Å². The van der Waals surface area contributed by atoms with E-state index in [0.717, 1.165) is 11.3 Å². The number of nitrogens with one attached hydrogen (secondary N) is 1. The summed E-state index contributed by atoms with van der Waals surface area (Å²) in [5.74, 6) is 0.736. The van der Waals surface area contributed by atoms with Crippen molar-refractivity contribution in [3.05, 3.63) is 36.0 Å². The summed E-state index contributed by atoms with van der Waals surface area (Å²) in [5, 5.41) is 7.32. The quantitative estimate of drug-likeness (QED) is 0.882. The van der Waals surface area contributed by atoms with Crippen LogP contribution in [0.15, 0.2) is 34.9 Å². The third-order valence-corrected chi connectivity index (χ3v) is 3.07. The molecule has 0 atom stereocenters. The molecule has 1 aromatic carbocycles. The van der Waals surface area contributed by atoms with Crippen molar-refractivity contribution in [1.29, 1.82) is 0 Å². The Balaban J connectivity index is 1.65. The highest BCUT2D eigenvalue weighted by Crippen LogP contribution is 2.24. The highest BCUT2D eigenvalue weighted by molar-refractivity contribution is 5.58. The molecule has 0 bridgehead atoms. The van der Waals surface area contributed by atoms with E-state index in [1.165, 1.54) is 25.0 Å². The molecule has 4 nitrogen and oxygen atoms in total. The second-order valence-electron chi connectivity index (χ2n) is 4.74. The van der Waals surface area contributed by atoms with Crippen LogP contribution in [-0.4, -0.2) is 17.8 Å². The number of hydrogen-bond donors (Lipinski definition) is 1. The molecule has 0 saturated heterocycles. The zero-order valence-corrected chi connectivity index (χ0v) is 10.7. The number of alkyl halides is 2. The van der Waals surface area contributed by atoms with Crippen LogP contribution in [0.2, 0.25) is 0 Å². The van der Waals surface area contributed by atoms with Crippen molar-refractivity contribution in [1.82, 2.24) is 10.5 Å². The summed E-state index contributed by atoms with van der Waals surface area (Å²) < 4.78 is 33.6. The van der Waals surface area contributed by atoms with Gasteiger partial charge in [-0.15, -0.1) is 0 Å². The van der Waals surface area contributed by atoms with E-state index in [1.807, 2.05) is 6.07 Å². The number of nitrogens with zero attached hydrogens (tertiary/aromatic N) is 1. The summed E-state index contributed by atoms with van der Waals surface area (Å²) in [4.78, 5) is 0. The Labute approximate surface area is 114 Å². The molecule has 1 aliphatic carbocycles. The Kier molecular flexibility index (Phi) is 3.64. The number of benzene rings is 1. The maximum atomic E-state index is 12.0. The molecule has 3 rings (SSSR count). The van der Waals surface area contributed by atoms with E-state index in [9.17, 15) is 8.78 Å². The van der Waals surface area contributed by atoms with Gasteiger partial charge in [0, 0.05) is 24.2 Å². The zero-order chi connectivity index (χ0) is 13.9. The summed E-state index contributed by atoms with van der Waals surface area (Å²) in [5.41, 5.74) is 1.61. The number of hydrogen-bond acceptors (Lipinski definition) is 4. The first-order valence-corrected chi connectivity index (χ1v) is 6.45. The molecule has 1 aliphatic rings. The molecule has 106 valence electrons. The number of ether oxygens (including phenoxy) is 1. The molecule has 1 N–H and O–H groups in total. The second-order valence-corrected chi connectivity index (χ2v) is 4.74. The summed E-state index contributed by atoms with van der Waals surface area (Å²) in [7, 11) is 0. The smallest absolute Gasteiger partial charge is 0.387 e. The predicted molar refractivity (Wildman–Crippen MR) is 68.4 cm³/mol. The van der Waals surface area contributed by atoms with Crippen molar-refractivity contribution in [2.75, 3.05) is 0 Å². The normalized spacial score (nSPS) is 14.8. The maximum absolute atomic E-state index is 12.0. The third-order valence-electron chi connectivity index (χ3n) is 3.07. The first-order chi connectivity index (χ1) is 9.70. The molecule has 0 aliphatic heterocycles. The minimum Gasteiger partial charge on any atom is -0.435 e. The fraction of sp³-hybridized carbons (Fsp3) is 0.357. The second kappa shape index (κ2) is 5.58. The van der Waals surface area contributed by atoms with E-state index < -0.39 is 6.61 Å². The van der Waals surface area contributed by atoms with Crippen molar-refractivity contribution in [2.24, 2.45) is 0 Å². The van der Waals surface area contributed by atoms with Gasteiger partial charge in [0.15, 0.2) is 5.76 Å². The Morgan fingerprint density at radius 1 is 1.30 bits per heavy atom. The number of halogens is 2. The molecule has 0 spiro atoms. The van der Waals surface area contributed by atoms with Gasteiger partial charge in [-0.25, -0.2) is 0 Å². The summed E-state index contributed by atoms with van der Waals surface area (Å²) in [6.45, 7) is -2.13. The Morgan fingerprint density at radius 2 is 2.05 bits per heavy atom. The van der Waals surface area contributed by atoms with Gasteiger partial charge in [-0.3, -0.25) is 0 Å². The van der Waals surface area contributed by atoms with E-state index in [0.29, 0.717) is 18.3 Å². The fourth-order valence-electron chi connectivity index (χ4n) is 1.87. The van der Waals surface area contributed by atoms with Crippen LogP contribution in [0.4, 0.5) is 8.78 Å². The molecule has 0 amide bonds. The van der Waals surface area contributed by atoms with Crippen molar-refractivity contribution in [2.45, 2.75) is 32.0 Å². The minimum absolute atomic E-state index is 0.124. The van der Waals surface area contributed by atoms with Crippen LogP contribution in [0.1, 0.15) is 18.5 Å². The van der Waals surface area contributed by atoms with Gasteiger partial charge in [-0.05, 0) is 37.1 Å². The van der Waals surface area contributed by atoms with Gasteiger partial charge in [0.25, 0.3) is 0 Å². The molecular formula is C14H14F2N2O2. The van der Waals surface area contributed by atoms with Crippen LogP contribution in [0.5, 0.6) is 5.75 Å². The van der Waals surface area contributed by atoms with Gasteiger partial charge in [0.05, 0.1) is 5.69 Å². The summed E-state index contributed by atoms with van der Waals surface area (Å²) >= 11 is 0. The van der Waals surface area contributed by atoms with Crippen molar-refractivity contribution in [3.63, 3.8) is 0 Å². The van der Waals surface area contributed by atoms with Gasteiger partial charge < -0.3 is 14.6 Å². The Hall–Kier alpha value is -1.95. The van der Waals surface area contributed by atoms with E-state index in [4.69, 9.17) is 4.52 Å². The molecule has 20 heavy (non-hydrogen) atoms. The van der Waals surface area contributed by atoms with Gasteiger partial charge in [-0.2, -0.15) is 8.78 Å². The SMILES string of the molecule is FC(F)Oc1ccc(-c2cc(CNC3CC3)no2)cc1. The van der Waals surface area contributed by atoms with Gasteiger partial charge in [0.2, 0.25) is 0 Å². The van der Waals surface area contributed by atoms with Crippen molar-refractivity contribution < 1.29 is 18.0 Å². The molecule has 0 radical (unpaired) electrons. The van der Waals surface area contributed by atoms with E-state index >= 15 is 0 Å². The van der Waals surface area contributed by atoms with Crippen LogP contribution in [-0.2, 0) is 6.54 Å². The van der Waals surface area contributed by atoms with Crippen LogP contribution < -0.4 is 10.1 Å². The number of rotatable bonds is 6. The Morgan fingerprint density at radius 3 is 2.70 bits per heavy atom. The van der Waals surface area contributed by atoms with Crippen LogP contribution >= 0.6 is 0 Å². The number of aromatic nitrogens is 1. The van der Waals surface area contributed by atoms with Crippen molar-refractivity contribution >= 4 is 0 Å². The predicted octanol–water partition coefficient (Wildman–Crippen LogP) is 3.20. The fourth-order valence-corrected chi connectivity index (χ4v) is 1.87. The average molecular weight is 280 g/mol. The van der Waals surface area contributed by atoms with E-state index in [1.54, 1.807) is 12.1 Å². The lowest BCUT2D eigenvalue weighted by molar-refractivity contribution is -0.0498. The van der Waals surface area contributed by atoms with Gasteiger partial charge in [0.1, 0.15) is 5.75 Å². The van der Waals surface area contributed by atoms with Crippen LogP contribution in [0.25, 0.3) is 11.3 Å². The van der Waals surface area contributed by atoms with Gasteiger partial charge in [-0.1, -0.05) is 5.16 Å². The van der Waals surface area contributed by atoms with Crippen LogP contribution in [0, 0.1) is 0 Å².